The normalized spacial score (nSPS) is 11.2. The number of aryl methyl sites for hydroxylation is 1. The molecule has 5 heteroatoms. The fourth-order valence-electron chi connectivity index (χ4n) is 1.52. The van der Waals surface area contributed by atoms with Crippen LogP contribution in [0.15, 0.2) is 5.38 Å². The molecule has 0 aliphatic heterocycles. The first-order chi connectivity index (χ1) is 7.80. The molecule has 2 N–H and O–H groups in total. The quantitative estimate of drug-likeness (QED) is 0.713. The van der Waals surface area contributed by atoms with E-state index in [1.165, 1.54) is 0 Å². The third-order valence-corrected chi connectivity index (χ3v) is 3.38. The monoisotopic (exact) mass is 244 g/mol. The van der Waals surface area contributed by atoms with Crippen molar-refractivity contribution in [3.8, 4) is 0 Å². The second kappa shape index (κ2) is 7.73. The molecular weight excluding hydrogens is 224 g/mol. The molecule has 0 amide bonds. The molecule has 0 saturated carbocycles. The van der Waals surface area contributed by atoms with Gasteiger partial charge in [-0.2, -0.15) is 0 Å². The van der Waals surface area contributed by atoms with Crippen LogP contribution in [0.5, 0.6) is 0 Å². The predicted octanol–water partition coefficient (Wildman–Crippen LogP) is 0.882. The minimum atomic E-state index is 0.149. The lowest BCUT2D eigenvalue weighted by Gasteiger charge is -2.19. The minimum absolute atomic E-state index is 0.149. The van der Waals surface area contributed by atoms with Crippen molar-refractivity contribution in [3.05, 3.63) is 16.1 Å². The zero-order valence-electron chi connectivity index (χ0n) is 9.72. The number of hydrogen-bond donors (Lipinski definition) is 2. The maximum Gasteiger partial charge on any atom is 0.0926 e. The van der Waals surface area contributed by atoms with Crippen LogP contribution < -0.4 is 0 Å². The van der Waals surface area contributed by atoms with Gasteiger partial charge in [0.2, 0.25) is 0 Å². The number of aliphatic hydroxyl groups excluding tert-OH is 2. The van der Waals surface area contributed by atoms with Crippen molar-refractivity contribution in [2.75, 3.05) is 26.3 Å². The molecule has 0 spiro atoms. The summed E-state index contributed by atoms with van der Waals surface area (Å²) in [7, 11) is 0. The number of aromatic nitrogens is 1. The highest BCUT2D eigenvalue weighted by molar-refractivity contribution is 7.09. The number of hydrogen-bond acceptors (Lipinski definition) is 5. The first kappa shape index (κ1) is 13.6. The van der Waals surface area contributed by atoms with Gasteiger partial charge in [-0.25, -0.2) is 4.98 Å². The van der Waals surface area contributed by atoms with Crippen LogP contribution in [0.25, 0.3) is 0 Å². The van der Waals surface area contributed by atoms with Crippen molar-refractivity contribution in [3.63, 3.8) is 0 Å². The average Bonchev–Trinajstić information content (AvgIpc) is 2.74. The van der Waals surface area contributed by atoms with E-state index in [1.54, 1.807) is 11.3 Å². The second-order valence-corrected chi connectivity index (χ2v) is 4.61. The third kappa shape index (κ3) is 4.57. The first-order valence-electron chi connectivity index (χ1n) is 5.67. The van der Waals surface area contributed by atoms with E-state index in [2.05, 4.69) is 22.2 Å². The lowest BCUT2D eigenvalue weighted by Crippen LogP contribution is -2.28. The smallest absolute Gasteiger partial charge is 0.0926 e. The van der Waals surface area contributed by atoms with E-state index in [-0.39, 0.29) is 13.2 Å². The topological polar surface area (TPSA) is 56.6 Å². The standard InChI is InChI=1S/C11H20N2O2S/c1-2-11-12-10(9-16-11)8-13(5-7-15)4-3-6-14/h9,14-15H,2-8H2,1H3. The minimum Gasteiger partial charge on any atom is -0.396 e. The molecule has 1 rings (SSSR count). The van der Waals surface area contributed by atoms with Gasteiger partial charge in [0.15, 0.2) is 0 Å². The Hall–Kier alpha value is -0.490. The summed E-state index contributed by atoms with van der Waals surface area (Å²) < 4.78 is 0. The van der Waals surface area contributed by atoms with Crippen molar-refractivity contribution in [2.24, 2.45) is 0 Å². The van der Waals surface area contributed by atoms with Crippen LogP contribution in [-0.4, -0.2) is 46.4 Å². The highest BCUT2D eigenvalue weighted by Gasteiger charge is 2.07. The largest absolute Gasteiger partial charge is 0.396 e. The molecule has 0 saturated heterocycles. The Morgan fingerprint density at radius 2 is 2.12 bits per heavy atom. The Labute approximate surface area is 101 Å². The lowest BCUT2D eigenvalue weighted by molar-refractivity contribution is 0.173. The SMILES string of the molecule is CCc1nc(CN(CCO)CCCO)cs1. The van der Waals surface area contributed by atoms with E-state index in [9.17, 15) is 0 Å². The van der Waals surface area contributed by atoms with Gasteiger partial charge in [0, 0.05) is 31.6 Å². The Balaban J connectivity index is 2.46. The highest BCUT2D eigenvalue weighted by atomic mass is 32.1. The van der Waals surface area contributed by atoms with Crippen LogP contribution in [0.1, 0.15) is 24.0 Å². The average molecular weight is 244 g/mol. The van der Waals surface area contributed by atoms with Crippen molar-refractivity contribution in [2.45, 2.75) is 26.3 Å². The van der Waals surface area contributed by atoms with Crippen molar-refractivity contribution in [1.82, 2.24) is 9.88 Å². The van der Waals surface area contributed by atoms with Gasteiger partial charge in [-0.1, -0.05) is 6.92 Å². The summed E-state index contributed by atoms with van der Waals surface area (Å²) in [4.78, 5) is 6.61. The van der Waals surface area contributed by atoms with Crippen LogP contribution in [0, 0.1) is 0 Å². The van der Waals surface area contributed by atoms with E-state index < -0.39 is 0 Å². The fraction of sp³-hybridized carbons (Fsp3) is 0.727. The summed E-state index contributed by atoms with van der Waals surface area (Å²) in [5.41, 5.74) is 1.06. The number of thiazole rings is 1. The van der Waals surface area contributed by atoms with Crippen molar-refractivity contribution >= 4 is 11.3 Å². The van der Waals surface area contributed by atoms with Crippen molar-refractivity contribution < 1.29 is 10.2 Å². The zero-order valence-corrected chi connectivity index (χ0v) is 10.5. The summed E-state index contributed by atoms with van der Waals surface area (Å²) in [6.07, 6.45) is 1.71. The maximum atomic E-state index is 8.94. The molecule has 0 fully saturated rings. The molecule has 0 aliphatic carbocycles. The van der Waals surface area contributed by atoms with Gasteiger partial charge < -0.3 is 10.2 Å². The lowest BCUT2D eigenvalue weighted by atomic mass is 10.3. The predicted molar refractivity (Wildman–Crippen MR) is 65.6 cm³/mol. The molecule has 16 heavy (non-hydrogen) atoms. The Morgan fingerprint density at radius 3 is 2.69 bits per heavy atom. The number of nitrogens with zero attached hydrogens (tertiary/aromatic N) is 2. The summed E-state index contributed by atoms with van der Waals surface area (Å²) in [5, 5.41) is 21.0. The van der Waals surface area contributed by atoms with Gasteiger partial charge in [0.25, 0.3) is 0 Å². The molecule has 0 aromatic carbocycles. The molecule has 0 bridgehead atoms. The molecule has 92 valence electrons. The van der Waals surface area contributed by atoms with Crippen LogP contribution >= 0.6 is 11.3 Å². The molecule has 0 unspecified atom stereocenters. The van der Waals surface area contributed by atoms with Crippen molar-refractivity contribution in [1.29, 1.82) is 0 Å². The highest BCUT2D eigenvalue weighted by Crippen LogP contribution is 2.12. The molecular formula is C11H20N2O2S. The summed E-state index contributed by atoms with van der Waals surface area (Å²) in [6.45, 7) is 4.64. The van der Waals surface area contributed by atoms with Gasteiger partial charge in [-0.05, 0) is 12.8 Å². The van der Waals surface area contributed by atoms with Gasteiger partial charge in [0.05, 0.1) is 17.3 Å². The number of aliphatic hydroxyl groups is 2. The maximum absolute atomic E-state index is 8.94. The van der Waals surface area contributed by atoms with Crippen LogP contribution in [-0.2, 0) is 13.0 Å². The zero-order chi connectivity index (χ0) is 11.8. The van der Waals surface area contributed by atoms with E-state index in [1.807, 2.05) is 0 Å². The van der Waals surface area contributed by atoms with Gasteiger partial charge >= 0.3 is 0 Å². The van der Waals surface area contributed by atoms with E-state index >= 15 is 0 Å². The Morgan fingerprint density at radius 1 is 1.31 bits per heavy atom. The van der Waals surface area contributed by atoms with E-state index in [4.69, 9.17) is 10.2 Å². The molecule has 1 aromatic rings. The molecule has 1 heterocycles. The van der Waals surface area contributed by atoms with Crippen LogP contribution in [0.2, 0.25) is 0 Å². The fourth-order valence-corrected chi connectivity index (χ4v) is 2.25. The number of rotatable bonds is 8. The van der Waals surface area contributed by atoms with Gasteiger partial charge in [-0.15, -0.1) is 11.3 Å². The Kier molecular flexibility index (Phi) is 6.56. The second-order valence-electron chi connectivity index (χ2n) is 3.66. The van der Waals surface area contributed by atoms with Gasteiger partial charge in [0.1, 0.15) is 0 Å². The third-order valence-electron chi connectivity index (χ3n) is 2.34. The molecule has 0 atom stereocenters. The van der Waals surface area contributed by atoms with Gasteiger partial charge in [-0.3, -0.25) is 4.90 Å². The summed E-state index contributed by atoms with van der Waals surface area (Å²) in [6, 6.07) is 0. The summed E-state index contributed by atoms with van der Waals surface area (Å²) >= 11 is 1.68. The Bertz CT molecular complexity index is 291. The van der Waals surface area contributed by atoms with E-state index in [0.29, 0.717) is 6.54 Å². The van der Waals surface area contributed by atoms with Crippen LogP contribution in [0.4, 0.5) is 0 Å². The van der Waals surface area contributed by atoms with E-state index in [0.717, 1.165) is 36.6 Å². The summed E-state index contributed by atoms with van der Waals surface area (Å²) in [5.74, 6) is 0. The molecule has 0 radical (unpaired) electrons. The van der Waals surface area contributed by atoms with Crippen LogP contribution in [0.3, 0.4) is 0 Å². The molecule has 1 aromatic heterocycles. The first-order valence-corrected chi connectivity index (χ1v) is 6.55. The molecule has 0 aliphatic rings. The molecule has 4 nitrogen and oxygen atoms in total.